The highest BCUT2D eigenvalue weighted by Crippen LogP contribution is 2.24. The van der Waals surface area contributed by atoms with Crippen molar-refractivity contribution in [3.8, 4) is 0 Å². The molecule has 1 saturated carbocycles. The molecule has 1 aliphatic rings. The van der Waals surface area contributed by atoms with E-state index in [4.69, 9.17) is 0 Å². The minimum atomic E-state index is 0.710. The van der Waals surface area contributed by atoms with Gasteiger partial charge in [0, 0.05) is 12.6 Å². The minimum absolute atomic E-state index is 0.710. The van der Waals surface area contributed by atoms with Crippen LogP contribution in [0.2, 0.25) is 0 Å². The molecule has 0 aliphatic heterocycles. The molecule has 0 radical (unpaired) electrons. The van der Waals surface area contributed by atoms with E-state index >= 15 is 0 Å². The van der Waals surface area contributed by atoms with Crippen molar-refractivity contribution in [2.75, 3.05) is 6.54 Å². The lowest BCUT2D eigenvalue weighted by atomic mass is 9.93. The third-order valence-electron chi connectivity index (χ3n) is 3.41. The number of nitrogens with one attached hydrogen (secondary N) is 1. The maximum atomic E-state index is 3.66. The molecule has 1 N–H and O–H groups in total. The third-order valence-corrected chi connectivity index (χ3v) is 3.41. The number of hydrogen-bond donors (Lipinski definition) is 1. The van der Waals surface area contributed by atoms with Crippen LogP contribution in [0.1, 0.15) is 50.5 Å². The number of hydrogen-bond acceptors (Lipinski definition) is 1. The van der Waals surface area contributed by atoms with Crippen molar-refractivity contribution >= 4 is 0 Å². The maximum absolute atomic E-state index is 3.66. The first-order chi connectivity index (χ1) is 7.90. The highest BCUT2D eigenvalue weighted by molar-refractivity contribution is 5.19. The molecular formula is C15H23N. The molecule has 16 heavy (non-hydrogen) atoms. The highest BCUT2D eigenvalue weighted by Gasteiger charge is 2.22. The second kappa shape index (κ2) is 6.05. The first kappa shape index (κ1) is 11.7. The summed E-state index contributed by atoms with van der Waals surface area (Å²) in [6.45, 7) is 3.44. The standard InChI is InChI=1S/C15H23N/c1-2-3-7-14(12-16-15-10-11-15)13-8-5-4-6-9-13/h4-6,8-9,14-16H,2-3,7,10-12H2,1H3. The maximum Gasteiger partial charge on any atom is 0.00684 e. The van der Waals surface area contributed by atoms with Crippen molar-refractivity contribution in [3.05, 3.63) is 35.9 Å². The van der Waals surface area contributed by atoms with Crippen LogP contribution in [0.25, 0.3) is 0 Å². The van der Waals surface area contributed by atoms with E-state index in [9.17, 15) is 0 Å². The van der Waals surface area contributed by atoms with Crippen LogP contribution in [0.15, 0.2) is 30.3 Å². The predicted octanol–water partition coefficient (Wildman–Crippen LogP) is 3.71. The van der Waals surface area contributed by atoms with Crippen molar-refractivity contribution in [1.29, 1.82) is 0 Å². The van der Waals surface area contributed by atoms with Crippen LogP contribution < -0.4 is 5.32 Å². The summed E-state index contributed by atoms with van der Waals surface area (Å²) in [5.74, 6) is 0.710. The van der Waals surface area contributed by atoms with E-state index in [2.05, 4.69) is 42.6 Å². The van der Waals surface area contributed by atoms with E-state index in [0.717, 1.165) is 12.6 Å². The average molecular weight is 217 g/mol. The molecule has 1 fully saturated rings. The van der Waals surface area contributed by atoms with E-state index in [1.807, 2.05) is 0 Å². The van der Waals surface area contributed by atoms with Gasteiger partial charge in [0.15, 0.2) is 0 Å². The second-order valence-electron chi connectivity index (χ2n) is 4.93. The van der Waals surface area contributed by atoms with Gasteiger partial charge in [-0.3, -0.25) is 0 Å². The van der Waals surface area contributed by atoms with Gasteiger partial charge in [0.2, 0.25) is 0 Å². The Bertz CT molecular complexity index is 290. The fourth-order valence-electron chi connectivity index (χ4n) is 2.16. The lowest BCUT2D eigenvalue weighted by Crippen LogP contribution is -2.23. The van der Waals surface area contributed by atoms with Gasteiger partial charge in [-0.15, -0.1) is 0 Å². The number of unbranched alkanes of at least 4 members (excludes halogenated alkanes) is 1. The summed E-state index contributed by atoms with van der Waals surface area (Å²) in [6, 6.07) is 11.8. The SMILES string of the molecule is CCCCC(CNC1CC1)c1ccccc1. The fraction of sp³-hybridized carbons (Fsp3) is 0.600. The second-order valence-corrected chi connectivity index (χ2v) is 4.93. The van der Waals surface area contributed by atoms with Crippen molar-refractivity contribution in [2.45, 2.75) is 51.0 Å². The Labute approximate surface area is 99.3 Å². The van der Waals surface area contributed by atoms with Crippen molar-refractivity contribution in [3.63, 3.8) is 0 Å². The van der Waals surface area contributed by atoms with Crippen molar-refractivity contribution in [1.82, 2.24) is 5.32 Å². The van der Waals surface area contributed by atoms with E-state index in [0.29, 0.717) is 5.92 Å². The molecule has 1 atom stereocenters. The Hall–Kier alpha value is -0.820. The fourth-order valence-corrected chi connectivity index (χ4v) is 2.16. The summed E-state index contributed by atoms with van der Waals surface area (Å²) >= 11 is 0. The van der Waals surface area contributed by atoms with Gasteiger partial charge in [-0.25, -0.2) is 0 Å². The summed E-state index contributed by atoms with van der Waals surface area (Å²) in [7, 11) is 0. The van der Waals surface area contributed by atoms with Crippen LogP contribution in [0.4, 0.5) is 0 Å². The van der Waals surface area contributed by atoms with Gasteiger partial charge < -0.3 is 5.32 Å². The number of benzene rings is 1. The molecule has 1 aromatic carbocycles. The van der Waals surface area contributed by atoms with Crippen LogP contribution in [-0.2, 0) is 0 Å². The van der Waals surface area contributed by atoms with Crippen LogP contribution in [0.3, 0.4) is 0 Å². The van der Waals surface area contributed by atoms with Crippen molar-refractivity contribution in [2.24, 2.45) is 0 Å². The van der Waals surface area contributed by atoms with E-state index < -0.39 is 0 Å². The van der Waals surface area contributed by atoms with Crippen LogP contribution in [0.5, 0.6) is 0 Å². The van der Waals surface area contributed by atoms with E-state index in [1.54, 1.807) is 0 Å². The van der Waals surface area contributed by atoms with Gasteiger partial charge >= 0.3 is 0 Å². The van der Waals surface area contributed by atoms with Gasteiger partial charge in [-0.05, 0) is 30.7 Å². The van der Waals surface area contributed by atoms with Gasteiger partial charge in [0.25, 0.3) is 0 Å². The topological polar surface area (TPSA) is 12.0 Å². The Morgan fingerprint density at radius 3 is 2.62 bits per heavy atom. The normalized spacial score (nSPS) is 17.3. The molecule has 88 valence electrons. The minimum Gasteiger partial charge on any atom is -0.313 e. The molecule has 1 aromatic rings. The molecule has 0 aromatic heterocycles. The lowest BCUT2D eigenvalue weighted by Gasteiger charge is -2.17. The predicted molar refractivity (Wildman–Crippen MR) is 69.7 cm³/mol. The molecular weight excluding hydrogens is 194 g/mol. The summed E-state index contributed by atoms with van der Waals surface area (Å²) in [5.41, 5.74) is 1.50. The molecule has 1 heteroatoms. The Morgan fingerprint density at radius 1 is 1.25 bits per heavy atom. The van der Waals surface area contributed by atoms with Crippen LogP contribution in [0, 0.1) is 0 Å². The first-order valence-electron chi connectivity index (χ1n) is 6.68. The van der Waals surface area contributed by atoms with Crippen molar-refractivity contribution < 1.29 is 0 Å². The molecule has 0 amide bonds. The molecule has 1 aliphatic carbocycles. The monoisotopic (exact) mass is 217 g/mol. The first-order valence-corrected chi connectivity index (χ1v) is 6.68. The van der Waals surface area contributed by atoms with E-state index in [1.165, 1.54) is 37.7 Å². The zero-order valence-electron chi connectivity index (χ0n) is 10.3. The molecule has 0 saturated heterocycles. The summed E-state index contributed by atoms with van der Waals surface area (Å²) < 4.78 is 0. The smallest absolute Gasteiger partial charge is 0.00684 e. The summed E-state index contributed by atoms with van der Waals surface area (Å²) in [4.78, 5) is 0. The molecule has 0 spiro atoms. The van der Waals surface area contributed by atoms with Gasteiger partial charge in [-0.1, -0.05) is 50.1 Å². The highest BCUT2D eigenvalue weighted by atomic mass is 14.9. The Balaban J connectivity index is 1.89. The van der Waals surface area contributed by atoms with Crippen LogP contribution in [-0.4, -0.2) is 12.6 Å². The average Bonchev–Trinajstić information content (AvgIpc) is 3.14. The van der Waals surface area contributed by atoms with Gasteiger partial charge in [-0.2, -0.15) is 0 Å². The number of rotatable bonds is 7. The Kier molecular flexibility index (Phi) is 4.41. The molecule has 2 rings (SSSR count). The lowest BCUT2D eigenvalue weighted by molar-refractivity contribution is 0.527. The van der Waals surface area contributed by atoms with Gasteiger partial charge in [0.1, 0.15) is 0 Å². The Morgan fingerprint density at radius 2 is 2.00 bits per heavy atom. The quantitative estimate of drug-likeness (QED) is 0.734. The van der Waals surface area contributed by atoms with E-state index in [-0.39, 0.29) is 0 Å². The molecule has 1 unspecified atom stereocenters. The van der Waals surface area contributed by atoms with Gasteiger partial charge in [0.05, 0.1) is 0 Å². The zero-order chi connectivity index (χ0) is 11.2. The third kappa shape index (κ3) is 3.64. The largest absolute Gasteiger partial charge is 0.313 e. The summed E-state index contributed by atoms with van der Waals surface area (Å²) in [6.07, 6.45) is 6.73. The molecule has 1 nitrogen and oxygen atoms in total. The molecule has 0 heterocycles. The summed E-state index contributed by atoms with van der Waals surface area (Å²) in [5, 5.41) is 3.66. The van der Waals surface area contributed by atoms with Crippen LogP contribution >= 0.6 is 0 Å². The zero-order valence-corrected chi connectivity index (χ0v) is 10.3. The molecule has 0 bridgehead atoms.